The molecule has 0 bridgehead atoms. The summed E-state index contributed by atoms with van der Waals surface area (Å²) in [7, 11) is 1.30. The Morgan fingerprint density at radius 3 is 2.61 bits per heavy atom. The van der Waals surface area contributed by atoms with Crippen LogP contribution >= 0.6 is 0 Å². The minimum absolute atomic E-state index is 0.00929. The van der Waals surface area contributed by atoms with Crippen molar-refractivity contribution in [2.45, 2.75) is 39.0 Å². The first-order valence-electron chi connectivity index (χ1n) is 10.6. The summed E-state index contributed by atoms with van der Waals surface area (Å²) in [5.74, 6) is 0.193. The fourth-order valence-corrected chi connectivity index (χ4v) is 3.92. The van der Waals surface area contributed by atoms with Crippen LogP contribution in [-0.2, 0) is 29.1 Å². The molecule has 0 N–H and O–H groups in total. The van der Waals surface area contributed by atoms with Crippen LogP contribution in [0.25, 0.3) is 11.4 Å². The average Bonchev–Trinajstić information content (AvgIpc) is 3.03. The third-order valence-corrected chi connectivity index (χ3v) is 5.37. The average molecular weight is 462 g/mol. The number of aromatic nitrogens is 2. The van der Waals surface area contributed by atoms with Crippen molar-refractivity contribution >= 4 is 0 Å². The van der Waals surface area contributed by atoms with E-state index in [0.29, 0.717) is 44.2 Å². The van der Waals surface area contributed by atoms with Gasteiger partial charge in [-0.05, 0) is 30.7 Å². The fraction of sp³-hybridized carbons (Fsp3) is 0.375. The van der Waals surface area contributed by atoms with Crippen LogP contribution in [0.5, 0.6) is 11.5 Å². The molecule has 176 valence electrons. The van der Waals surface area contributed by atoms with Gasteiger partial charge in [0.1, 0.15) is 5.82 Å². The highest BCUT2D eigenvalue weighted by atomic mass is 19.4. The number of methoxy groups -OCH3 is 1. The summed E-state index contributed by atoms with van der Waals surface area (Å²) in [6.45, 7) is 3.85. The van der Waals surface area contributed by atoms with Gasteiger partial charge in [-0.3, -0.25) is 0 Å². The molecule has 2 heterocycles. The van der Waals surface area contributed by atoms with E-state index in [4.69, 9.17) is 19.2 Å². The van der Waals surface area contributed by atoms with Crippen molar-refractivity contribution in [2.75, 3.05) is 20.3 Å². The van der Waals surface area contributed by atoms with Gasteiger partial charge in [-0.25, -0.2) is 4.98 Å². The Kier molecular flexibility index (Phi) is 6.90. The van der Waals surface area contributed by atoms with E-state index in [-0.39, 0.29) is 11.8 Å². The number of halogens is 3. The van der Waals surface area contributed by atoms with E-state index in [1.165, 1.54) is 19.2 Å². The minimum atomic E-state index is -4.81. The molecule has 0 amide bonds. The highest BCUT2D eigenvalue weighted by Crippen LogP contribution is 2.37. The lowest BCUT2D eigenvalue weighted by Crippen LogP contribution is -2.17. The van der Waals surface area contributed by atoms with E-state index >= 15 is 0 Å². The molecule has 0 fully saturated rings. The molecule has 1 atom stereocenters. The van der Waals surface area contributed by atoms with Crippen LogP contribution in [-0.4, -0.2) is 36.2 Å². The second-order valence-electron chi connectivity index (χ2n) is 7.76. The van der Waals surface area contributed by atoms with Crippen molar-refractivity contribution in [3.63, 3.8) is 0 Å². The lowest BCUT2D eigenvalue weighted by molar-refractivity contribution is -0.275. The van der Waals surface area contributed by atoms with E-state index in [0.717, 1.165) is 17.0 Å². The van der Waals surface area contributed by atoms with Gasteiger partial charge in [-0.2, -0.15) is 0 Å². The number of imidazole rings is 1. The molecule has 0 saturated heterocycles. The molecular formula is C24H25F3N2O4. The highest BCUT2D eigenvalue weighted by molar-refractivity contribution is 5.63. The third-order valence-electron chi connectivity index (χ3n) is 5.37. The Morgan fingerprint density at radius 2 is 1.88 bits per heavy atom. The minimum Gasteiger partial charge on any atom is -0.493 e. The van der Waals surface area contributed by atoms with E-state index < -0.39 is 12.1 Å². The predicted molar refractivity (Wildman–Crippen MR) is 115 cm³/mol. The molecule has 9 heteroatoms. The zero-order valence-electron chi connectivity index (χ0n) is 18.4. The zero-order chi connectivity index (χ0) is 23.4. The van der Waals surface area contributed by atoms with Crippen molar-refractivity contribution in [3.8, 4) is 22.9 Å². The molecule has 6 nitrogen and oxygen atoms in total. The van der Waals surface area contributed by atoms with Gasteiger partial charge in [-0.15, -0.1) is 13.2 Å². The summed E-state index contributed by atoms with van der Waals surface area (Å²) in [4.78, 5) is 4.83. The SMILES string of the molecule is COc1cc(-c2nc(COCc3ccccc3)c3n2[C@@H](C)COCC3)ccc1OC(F)(F)F. The maximum absolute atomic E-state index is 12.7. The van der Waals surface area contributed by atoms with E-state index in [2.05, 4.69) is 9.30 Å². The summed E-state index contributed by atoms with van der Waals surface area (Å²) in [5.41, 5.74) is 3.46. The number of rotatable bonds is 7. The van der Waals surface area contributed by atoms with E-state index in [1.807, 2.05) is 37.3 Å². The van der Waals surface area contributed by atoms with Gasteiger partial charge in [0.2, 0.25) is 0 Å². The first kappa shape index (κ1) is 23.1. The Hall–Kier alpha value is -3.04. The monoisotopic (exact) mass is 462 g/mol. The largest absolute Gasteiger partial charge is 0.573 e. The first-order chi connectivity index (χ1) is 15.9. The van der Waals surface area contributed by atoms with Crippen molar-refractivity contribution in [3.05, 3.63) is 65.5 Å². The molecular weight excluding hydrogens is 437 g/mol. The summed E-state index contributed by atoms with van der Waals surface area (Å²) < 4.78 is 61.1. The maximum Gasteiger partial charge on any atom is 0.573 e. The number of hydrogen-bond donors (Lipinski definition) is 0. The van der Waals surface area contributed by atoms with Crippen LogP contribution in [0.4, 0.5) is 13.2 Å². The number of alkyl halides is 3. The van der Waals surface area contributed by atoms with Gasteiger partial charge < -0.3 is 23.5 Å². The Labute approximate surface area is 189 Å². The van der Waals surface area contributed by atoms with Crippen molar-refractivity contribution < 1.29 is 32.1 Å². The Morgan fingerprint density at radius 1 is 1.09 bits per heavy atom. The number of benzene rings is 2. The molecule has 0 unspecified atom stereocenters. The van der Waals surface area contributed by atoms with Crippen molar-refractivity contribution in [1.29, 1.82) is 0 Å². The second-order valence-corrected chi connectivity index (χ2v) is 7.76. The van der Waals surface area contributed by atoms with Crippen LogP contribution in [0.15, 0.2) is 48.5 Å². The predicted octanol–water partition coefficient (Wildman–Crippen LogP) is 5.31. The van der Waals surface area contributed by atoms with Gasteiger partial charge in [0.15, 0.2) is 11.5 Å². The van der Waals surface area contributed by atoms with Crippen molar-refractivity contribution in [1.82, 2.24) is 9.55 Å². The lowest BCUT2D eigenvalue weighted by Gasteiger charge is -2.17. The summed E-state index contributed by atoms with van der Waals surface area (Å²) in [6.07, 6.45) is -4.15. The Bertz CT molecular complexity index is 1080. The number of ether oxygens (including phenoxy) is 4. The first-order valence-corrected chi connectivity index (χ1v) is 10.6. The summed E-state index contributed by atoms with van der Waals surface area (Å²) >= 11 is 0. The molecule has 0 spiro atoms. The molecule has 3 aromatic rings. The number of fused-ring (bicyclic) bond motifs is 1. The van der Waals surface area contributed by atoms with Gasteiger partial charge in [0, 0.05) is 17.7 Å². The standard InChI is InChI=1S/C24H25F3N2O4/c1-16-13-31-11-10-20-19(15-32-14-17-6-4-3-5-7-17)28-23(29(16)20)18-8-9-21(22(12-18)30-2)33-24(25,26)27/h3-9,12,16H,10-11,13-15H2,1-2H3/t16-/m0/s1. The molecule has 1 aliphatic rings. The lowest BCUT2D eigenvalue weighted by atomic mass is 10.1. The normalized spacial score (nSPS) is 16.2. The van der Waals surface area contributed by atoms with Crippen LogP contribution in [0.3, 0.4) is 0 Å². The number of nitrogens with zero attached hydrogens (tertiary/aromatic N) is 2. The topological polar surface area (TPSA) is 54.7 Å². The van der Waals surface area contributed by atoms with Gasteiger partial charge in [-0.1, -0.05) is 30.3 Å². The van der Waals surface area contributed by atoms with Crippen LogP contribution in [0.1, 0.15) is 29.9 Å². The van der Waals surface area contributed by atoms with Gasteiger partial charge in [0.05, 0.1) is 45.3 Å². The maximum atomic E-state index is 12.7. The Balaban J connectivity index is 1.66. The molecule has 33 heavy (non-hydrogen) atoms. The molecule has 4 rings (SSSR count). The quantitative estimate of drug-likeness (QED) is 0.477. The molecule has 1 aliphatic heterocycles. The smallest absolute Gasteiger partial charge is 0.493 e. The van der Waals surface area contributed by atoms with Gasteiger partial charge in [0.25, 0.3) is 0 Å². The second kappa shape index (κ2) is 9.84. The highest BCUT2D eigenvalue weighted by Gasteiger charge is 2.33. The van der Waals surface area contributed by atoms with Crippen LogP contribution in [0, 0.1) is 0 Å². The molecule has 0 saturated carbocycles. The summed E-state index contributed by atoms with van der Waals surface area (Å²) in [6, 6.07) is 14.1. The number of hydrogen-bond acceptors (Lipinski definition) is 5. The fourth-order valence-electron chi connectivity index (χ4n) is 3.92. The third kappa shape index (κ3) is 5.48. The molecule has 1 aromatic heterocycles. The van der Waals surface area contributed by atoms with Crippen molar-refractivity contribution in [2.24, 2.45) is 0 Å². The van der Waals surface area contributed by atoms with Crippen LogP contribution in [0.2, 0.25) is 0 Å². The van der Waals surface area contributed by atoms with E-state index in [9.17, 15) is 13.2 Å². The zero-order valence-corrected chi connectivity index (χ0v) is 18.4. The molecule has 0 aliphatic carbocycles. The van der Waals surface area contributed by atoms with E-state index in [1.54, 1.807) is 6.07 Å². The summed E-state index contributed by atoms with van der Waals surface area (Å²) in [5, 5.41) is 0. The van der Waals surface area contributed by atoms with Gasteiger partial charge >= 0.3 is 6.36 Å². The van der Waals surface area contributed by atoms with Crippen LogP contribution < -0.4 is 9.47 Å². The molecule has 2 aromatic carbocycles. The molecule has 0 radical (unpaired) electrons.